The van der Waals surface area contributed by atoms with Gasteiger partial charge in [-0.3, -0.25) is 4.79 Å². The lowest BCUT2D eigenvalue weighted by atomic mass is 9.86. The fraction of sp³-hybridized carbons (Fsp3) is 0.471. The van der Waals surface area contributed by atoms with E-state index in [4.69, 9.17) is 37.7 Å². The molecule has 6 rings (SSSR count). The van der Waals surface area contributed by atoms with E-state index in [9.17, 15) is 9.90 Å². The number of amides is 1. The molecule has 1 amide bonds. The van der Waals surface area contributed by atoms with Crippen LogP contribution < -0.4 is 20.1 Å². The van der Waals surface area contributed by atoms with E-state index in [1.54, 1.807) is 37.5 Å². The number of ether oxygens (including phenoxy) is 2. The number of aromatic nitrogens is 1. The van der Waals surface area contributed by atoms with E-state index in [1.165, 1.54) is 0 Å². The number of carbonyl (C=O) groups excluding carboxylic acids is 1. The molecule has 3 atom stereocenters. The van der Waals surface area contributed by atoms with Gasteiger partial charge in [0.1, 0.15) is 5.75 Å². The first-order valence-electron chi connectivity index (χ1n) is 15.6. The molecule has 0 unspecified atom stereocenters. The van der Waals surface area contributed by atoms with Gasteiger partial charge in [0.05, 0.1) is 45.8 Å². The molecule has 0 radical (unpaired) electrons. The fourth-order valence-corrected chi connectivity index (χ4v) is 7.90. The second-order valence-electron chi connectivity index (χ2n) is 12.1. The second kappa shape index (κ2) is 14.0. The Hall–Kier alpha value is -2.66. The fourth-order valence-electron chi connectivity index (χ4n) is 6.26. The number of rotatable bonds is 12. The zero-order valence-corrected chi connectivity index (χ0v) is 28.2. The van der Waals surface area contributed by atoms with E-state index < -0.39 is 6.10 Å². The van der Waals surface area contributed by atoms with Gasteiger partial charge >= 0.3 is 0 Å². The first kappa shape index (κ1) is 32.3. The Labute approximate surface area is 278 Å². The minimum atomic E-state index is -0.663. The highest BCUT2D eigenvalue weighted by molar-refractivity contribution is 7.12. The molecule has 8 nitrogen and oxygen atoms in total. The van der Waals surface area contributed by atoms with Crippen LogP contribution in [0.25, 0.3) is 5.57 Å². The summed E-state index contributed by atoms with van der Waals surface area (Å²) in [6, 6.07) is 9.92. The topological polar surface area (TPSA) is 96.0 Å². The standard InChI is InChI=1S/C34H40Cl2N4O4S/c1-19-21(6-4-7-29(19)43-3)18-40(24-9-10-24)34(42)32-25(14-23-15-37-16-28(32)39-23)30-17-38-31(45-30)8-5-11-44-33-26(35)12-22(20(2)41)13-27(33)36/h4,6-7,12-13,17,20,23-24,28,37,39,41H,5,8-11,14-16,18H2,1-3H3/t20-,23+,28+/m1/s1. The van der Waals surface area contributed by atoms with Gasteiger partial charge in [-0.1, -0.05) is 35.3 Å². The second-order valence-corrected chi connectivity index (χ2v) is 14.1. The number of hydrogen-bond donors (Lipinski definition) is 3. The largest absolute Gasteiger partial charge is 0.496 e. The van der Waals surface area contributed by atoms with E-state index in [1.807, 2.05) is 18.3 Å². The average molecular weight is 672 g/mol. The number of aryl methyl sites for hydroxylation is 1. The number of methoxy groups -OCH3 is 1. The number of hydrogen-bond acceptors (Lipinski definition) is 8. The molecule has 0 spiro atoms. The molecule has 1 aromatic heterocycles. The van der Waals surface area contributed by atoms with Crippen molar-refractivity contribution in [1.82, 2.24) is 20.5 Å². The van der Waals surface area contributed by atoms with Crippen LogP contribution in [0, 0.1) is 6.92 Å². The Kier molecular flexibility index (Phi) is 10.0. The molecule has 2 fully saturated rings. The van der Waals surface area contributed by atoms with Crippen molar-refractivity contribution in [2.45, 2.75) is 76.7 Å². The lowest BCUT2D eigenvalue weighted by Gasteiger charge is -2.40. The maximum Gasteiger partial charge on any atom is 0.252 e. The molecule has 2 bridgehead atoms. The first-order valence-corrected chi connectivity index (χ1v) is 17.2. The number of halogens is 2. The normalized spacial score (nSPS) is 20.2. The number of nitrogens with zero attached hydrogens (tertiary/aromatic N) is 2. The summed E-state index contributed by atoms with van der Waals surface area (Å²) in [5, 5.41) is 18.8. The van der Waals surface area contributed by atoms with Crippen LogP contribution in [-0.4, -0.2) is 65.8 Å². The van der Waals surface area contributed by atoms with E-state index in [2.05, 4.69) is 28.5 Å². The van der Waals surface area contributed by atoms with Crippen molar-refractivity contribution >= 4 is 46.0 Å². The summed E-state index contributed by atoms with van der Waals surface area (Å²) in [6.07, 6.45) is 5.59. The molecule has 3 heterocycles. The summed E-state index contributed by atoms with van der Waals surface area (Å²) in [5.41, 5.74) is 4.83. The summed E-state index contributed by atoms with van der Waals surface area (Å²) < 4.78 is 11.5. The highest BCUT2D eigenvalue weighted by Crippen LogP contribution is 2.39. The molecule has 3 N–H and O–H groups in total. The van der Waals surface area contributed by atoms with Gasteiger partial charge in [-0.2, -0.15) is 0 Å². The highest BCUT2D eigenvalue weighted by atomic mass is 35.5. The van der Waals surface area contributed by atoms with Crippen molar-refractivity contribution in [2.24, 2.45) is 0 Å². The maximum absolute atomic E-state index is 14.5. The number of aliphatic hydroxyl groups is 1. The number of benzene rings is 2. The third-order valence-corrected chi connectivity index (χ3v) is 10.5. The van der Waals surface area contributed by atoms with Gasteiger partial charge in [0.2, 0.25) is 0 Å². The number of piperazine rings is 1. The van der Waals surface area contributed by atoms with Gasteiger partial charge in [0.15, 0.2) is 5.75 Å². The van der Waals surface area contributed by atoms with Gasteiger partial charge in [-0.15, -0.1) is 11.3 Å². The Morgan fingerprint density at radius 2 is 2.00 bits per heavy atom. The van der Waals surface area contributed by atoms with Crippen LogP contribution in [0.4, 0.5) is 0 Å². The zero-order valence-electron chi connectivity index (χ0n) is 25.9. The van der Waals surface area contributed by atoms with Crippen LogP contribution >= 0.6 is 34.5 Å². The number of thiazole rings is 1. The van der Waals surface area contributed by atoms with Crippen molar-refractivity contribution in [3.63, 3.8) is 0 Å². The van der Waals surface area contributed by atoms with Crippen molar-refractivity contribution in [2.75, 3.05) is 26.8 Å². The van der Waals surface area contributed by atoms with Crippen molar-refractivity contribution < 1.29 is 19.4 Å². The highest BCUT2D eigenvalue weighted by Gasteiger charge is 2.41. The number of carbonyl (C=O) groups is 1. The number of nitrogens with one attached hydrogen (secondary N) is 2. The zero-order chi connectivity index (χ0) is 31.7. The van der Waals surface area contributed by atoms with Crippen molar-refractivity contribution in [3.8, 4) is 11.5 Å². The van der Waals surface area contributed by atoms with Crippen molar-refractivity contribution in [1.29, 1.82) is 0 Å². The molecular formula is C34H40Cl2N4O4S. The van der Waals surface area contributed by atoms with E-state index in [0.717, 1.165) is 83.1 Å². The summed E-state index contributed by atoms with van der Waals surface area (Å²) in [4.78, 5) is 22.4. The summed E-state index contributed by atoms with van der Waals surface area (Å²) in [5.74, 6) is 1.39. The Balaban J connectivity index is 1.19. The summed E-state index contributed by atoms with van der Waals surface area (Å²) >= 11 is 14.4. The molecular weight excluding hydrogens is 631 g/mol. The van der Waals surface area contributed by atoms with Crippen molar-refractivity contribution in [3.05, 3.63) is 78.7 Å². The van der Waals surface area contributed by atoms with Crippen LogP contribution in [0.2, 0.25) is 10.0 Å². The van der Waals surface area contributed by atoms with Crippen LogP contribution in [0.3, 0.4) is 0 Å². The Morgan fingerprint density at radius 1 is 1.22 bits per heavy atom. The van der Waals surface area contributed by atoms with Crippen LogP contribution in [-0.2, 0) is 17.8 Å². The van der Waals surface area contributed by atoms with Gasteiger partial charge in [-0.05, 0) is 80.0 Å². The number of fused-ring (bicyclic) bond motifs is 2. The van der Waals surface area contributed by atoms with Gasteiger partial charge in [0.25, 0.3) is 5.91 Å². The van der Waals surface area contributed by atoms with Crippen LogP contribution in [0.15, 0.2) is 42.1 Å². The molecule has 3 aliphatic rings. The average Bonchev–Trinajstić information content (AvgIpc) is 3.75. The summed E-state index contributed by atoms with van der Waals surface area (Å²) in [7, 11) is 1.69. The molecule has 45 heavy (non-hydrogen) atoms. The van der Waals surface area contributed by atoms with Gasteiger partial charge in [0, 0.05) is 49.9 Å². The third-order valence-electron chi connectivity index (χ3n) is 8.87. The van der Waals surface area contributed by atoms with Gasteiger partial charge < -0.3 is 30.1 Å². The molecule has 1 saturated heterocycles. The van der Waals surface area contributed by atoms with E-state index in [0.29, 0.717) is 34.5 Å². The quantitative estimate of drug-likeness (QED) is 0.200. The molecule has 3 aromatic rings. The molecule has 1 saturated carbocycles. The smallest absolute Gasteiger partial charge is 0.252 e. The van der Waals surface area contributed by atoms with Crippen LogP contribution in [0.1, 0.15) is 65.3 Å². The first-order chi connectivity index (χ1) is 21.7. The molecule has 240 valence electrons. The predicted molar refractivity (Wildman–Crippen MR) is 179 cm³/mol. The lowest BCUT2D eigenvalue weighted by molar-refractivity contribution is -0.128. The Morgan fingerprint density at radius 3 is 2.71 bits per heavy atom. The maximum atomic E-state index is 14.5. The Bertz CT molecular complexity index is 1560. The monoisotopic (exact) mass is 670 g/mol. The number of aliphatic hydroxyl groups excluding tert-OH is 1. The molecule has 2 aliphatic heterocycles. The minimum absolute atomic E-state index is 0.0405. The molecule has 11 heteroatoms. The van der Waals surface area contributed by atoms with E-state index in [-0.39, 0.29) is 24.0 Å². The van der Waals surface area contributed by atoms with Gasteiger partial charge in [-0.25, -0.2) is 4.98 Å². The minimum Gasteiger partial charge on any atom is -0.496 e. The molecule has 1 aliphatic carbocycles. The van der Waals surface area contributed by atoms with Crippen LogP contribution in [0.5, 0.6) is 11.5 Å². The predicted octanol–water partition coefficient (Wildman–Crippen LogP) is 6.11. The van der Waals surface area contributed by atoms with E-state index >= 15 is 0 Å². The SMILES string of the molecule is COc1cccc(CN(C(=O)C2=C(c3cnc(CCCOc4c(Cl)cc([C@@H](C)O)cc4Cl)s3)C[C@H]3CNC[C@@H]2N3)C2CC2)c1C. The molecule has 2 aromatic carbocycles. The third kappa shape index (κ3) is 7.19. The lowest BCUT2D eigenvalue weighted by Crippen LogP contribution is -2.59. The summed E-state index contributed by atoms with van der Waals surface area (Å²) in [6.45, 7) is 6.32.